The molecule has 0 amide bonds. The number of halogens is 2. The summed E-state index contributed by atoms with van der Waals surface area (Å²) in [5.74, 6) is -0.269. The van der Waals surface area contributed by atoms with E-state index in [1.165, 1.54) is 12.1 Å². The van der Waals surface area contributed by atoms with E-state index < -0.39 is 0 Å². The molecule has 1 N–H and O–H groups in total. The van der Waals surface area contributed by atoms with Crippen molar-refractivity contribution in [3.05, 3.63) is 34.6 Å². The van der Waals surface area contributed by atoms with E-state index in [0.717, 1.165) is 31.4 Å². The summed E-state index contributed by atoms with van der Waals surface area (Å²) >= 11 is 6.04. The molecule has 0 bridgehead atoms. The Bertz CT molecular complexity index is 398. The zero-order valence-corrected chi connectivity index (χ0v) is 13.1. The predicted molar refractivity (Wildman–Crippen MR) is 81.3 cm³/mol. The van der Waals surface area contributed by atoms with Crippen LogP contribution < -0.4 is 5.32 Å². The van der Waals surface area contributed by atoms with Crippen molar-refractivity contribution < 1.29 is 4.39 Å². The van der Waals surface area contributed by atoms with Crippen molar-refractivity contribution in [1.29, 1.82) is 0 Å². The molecule has 0 saturated heterocycles. The van der Waals surface area contributed by atoms with Crippen molar-refractivity contribution >= 4 is 11.6 Å². The summed E-state index contributed by atoms with van der Waals surface area (Å²) in [6.45, 7) is 9.89. The molecule has 19 heavy (non-hydrogen) atoms. The fourth-order valence-corrected chi connectivity index (χ4v) is 2.57. The van der Waals surface area contributed by atoms with E-state index in [4.69, 9.17) is 11.6 Å². The van der Waals surface area contributed by atoms with Crippen LogP contribution in [0.25, 0.3) is 0 Å². The summed E-state index contributed by atoms with van der Waals surface area (Å²) in [7, 11) is 0. The molecule has 0 aromatic heterocycles. The van der Waals surface area contributed by atoms with Crippen LogP contribution in [0.1, 0.15) is 46.1 Å². The number of hydrogen-bond donors (Lipinski definition) is 1. The molecule has 1 atom stereocenters. The second-order valence-corrected chi connectivity index (χ2v) is 6.51. The molecule has 0 aliphatic heterocycles. The summed E-state index contributed by atoms with van der Waals surface area (Å²) in [4.78, 5) is 0. The minimum absolute atomic E-state index is 0.253. The van der Waals surface area contributed by atoms with Gasteiger partial charge in [0.15, 0.2) is 0 Å². The normalized spacial score (nSPS) is 13.6. The summed E-state index contributed by atoms with van der Waals surface area (Å²) in [5, 5.41) is 4.08. The van der Waals surface area contributed by atoms with E-state index in [0.29, 0.717) is 11.1 Å². The Balaban J connectivity index is 2.52. The van der Waals surface area contributed by atoms with E-state index in [1.807, 2.05) is 0 Å². The topological polar surface area (TPSA) is 12.0 Å². The van der Waals surface area contributed by atoms with E-state index in [1.54, 1.807) is 6.07 Å². The third kappa shape index (κ3) is 5.50. The first-order valence-corrected chi connectivity index (χ1v) is 7.39. The monoisotopic (exact) mass is 285 g/mol. The maximum atomic E-state index is 13.0. The average Bonchev–Trinajstić information content (AvgIpc) is 2.29. The van der Waals surface area contributed by atoms with Gasteiger partial charge in [0.2, 0.25) is 0 Å². The Morgan fingerprint density at radius 3 is 2.53 bits per heavy atom. The Labute approximate surface area is 121 Å². The highest BCUT2D eigenvalue weighted by atomic mass is 35.5. The highest BCUT2D eigenvalue weighted by Gasteiger charge is 2.22. The lowest BCUT2D eigenvalue weighted by molar-refractivity contribution is 0.254. The zero-order valence-electron chi connectivity index (χ0n) is 12.4. The number of hydrogen-bond acceptors (Lipinski definition) is 1. The van der Waals surface area contributed by atoms with Crippen molar-refractivity contribution in [3.8, 4) is 0 Å². The van der Waals surface area contributed by atoms with Gasteiger partial charge in [0.25, 0.3) is 0 Å². The quantitative estimate of drug-likeness (QED) is 0.790. The Hall–Kier alpha value is -0.600. The molecule has 0 fully saturated rings. The van der Waals surface area contributed by atoms with Gasteiger partial charge in [-0.3, -0.25) is 0 Å². The fraction of sp³-hybridized carbons (Fsp3) is 0.625. The van der Waals surface area contributed by atoms with Crippen LogP contribution in [0.4, 0.5) is 4.39 Å². The maximum Gasteiger partial charge on any atom is 0.124 e. The summed E-state index contributed by atoms with van der Waals surface area (Å²) in [6, 6.07) is 5.16. The molecule has 0 aliphatic rings. The molecule has 3 heteroatoms. The van der Waals surface area contributed by atoms with Crippen LogP contribution in [0, 0.1) is 11.2 Å². The van der Waals surface area contributed by atoms with Crippen LogP contribution in [-0.2, 0) is 6.42 Å². The SMILES string of the molecule is CCNC(CCCc1ccc(F)cc1Cl)C(C)(C)C. The first-order valence-electron chi connectivity index (χ1n) is 7.02. The number of nitrogens with one attached hydrogen (secondary N) is 1. The lowest BCUT2D eigenvalue weighted by Gasteiger charge is -2.31. The van der Waals surface area contributed by atoms with Gasteiger partial charge in [-0.25, -0.2) is 4.39 Å². The highest BCUT2D eigenvalue weighted by molar-refractivity contribution is 6.31. The Kier molecular flexibility index (Phi) is 6.28. The van der Waals surface area contributed by atoms with Crippen LogP contribution in [0.3, 0.4) is 0 Å². The Morgan fingerprint density at radius 2 is 2.00 bits per heavy atom. The number of aryl methyl sites for hydroxylation is 1. The molecule has 0 radical (unpaired) electrons. The third-order valence-corrected chi connectivity index (χ3v) is 3.80. The van der Waals surface area contributed by atoms with Gasteiger partial charge in [-0.05, 0) is 48.9 Å². The van der Waals surface area contributed by atoms with E-state index in [9.17, 15) is 4.39 Å². The molecule has 1 rings (SSSR count). The number of rotatable bonds is 6. The van der Waals surface area contributed by atoms with Gasteiger partial charge in [-0.2, -0.15) is 0 Å². The largest absolute Gasteiger partial charge is 0.314 e. The zero-order chi connectivity index (χ0) is 14.5. The van der Waals surface area contributed by atoms with Crippen LogP contribution >= 0.6 is 11.6 Å². The van der Waals surface area contributed by atoms with Crippen molar-refractivity contribution in [2.75, 3.05) is 6.54 Å². The van der Waals surface area contributed by atoms with Gasteiger partial charge in [0, 0.05) is 11.1 Å². The van der Waals surface area contributed by atoms with E-state index in [2.05, 4.69) is 33.0 Å². The molecule has 0 aliphatic carbocycles. The molecule has 1 nitrogen and oxygen atoms in total. The minimum atomic E-state index is -0.269. The van der Waals surface area contributed by atoms with Gasteiger partial charge in [-0.1, -0.05) is 45.4 Å². The van der Waals surface area contributed by atoms with Crippen LogP contribution in [0.2, 0.25) is 5.02 Å². The van der Waals surface area contributed by atoms with E-state index >= 15 is 0 Å². The van der Waals surface area contributed by atoms with Gasteiger partial charge in [0.1, 0.15) is 5.82 Å². The van der Waals surface area contributed by atoms with Gasteiger partial charge < -0.3 is 5.32 Å². The van der Waals surface area contributed by atoms with Gasteiger partial charge in [-0.15, -0.1) is 0 Å². The van der Waals surface area contributed by atoms with Crippen LogP contribution in [0.5, 0.6) is 0 Å². The molecule has 0 saturated carbocycles. The summed E-state index contributed by atoms with van der Waals surface area (Å²) < 4.78 is 13.0. The van der Waals surface area contributed by atoms with Gasteiger partial charge >= 0.3 is 0 Å². The average molecular weight is 286 g/mol. The first-order chi connectivity index (χ1) is 8.84. The lowest BCUT2D eigenvalue weighted by Crippen LogP contribution is -2.40. The maximum absolute atomic E-state index is 13.0. The Morgan fingerprint density at radius 1 is 1.32 bits per heavy atom. The molecule has 1 aromatic carbocycles. The van der Waals surface area contributed by atoms with Crippen molar-refractivity contribution in [3.63, 3.8) is 0 Å². The molecule has 1 unspecified atom stereocenters. The lowest BCUT2D eigenvalue weighted by atomic mass is 9.83. The molecular weight excluding hydrogens is 261 g/mol. The smallest absolute Gasteiger partial charge is 0.124 e. The molecular formula is C16H25ClFN. The minimum Gasteiger partial charge on any atom is -0.314 e. The second kappa shape index (κ2) is 7.25. The molecule has 0 heterocycles. The highest BCUT2D eigenvalue weighted by Crippen LogP contribution is 2.25. The molecule has 1 aromatic rings. The standard InChI is InChI=1S/C16H25ClFN/c1-5-19-15(16(2,3)4)8-6-7-12-9-10-13(18)11-14(12)17/h9-11,15,19H,5-8H2,1-4H3. The molecule has 0 spiro atoms. The molecule has 108 valence electrons. The third-order valence-electron chi connectivity index (χ3n) is 3.45. The van der Waals surface area contributed by atoms with E-state index in [-0.39, 0.29) is 11.2 Å². The van der Waals surface area contributed by atoms with Crippen LogP contribution in [-0.4, -0.2) is 12.6 Å². The number of benzene rings is 1. The fourth-order valence-electron chi connectivity index (χ4n) is 2.31. The van der Waals surface area contributed by atoms with Crippen molar-refractivity contribution in [2.24, 2.45) is 5.41 Å². The van der Waals surface area contributed by atoms with Crippen molar-refractivity contribution in [2.45, 2.75) is 53.0 Å². The second-order valence-electron chi connectivity index (χ2n) is 6.10. The van der Waals surface area contributed by atoms with Crippen molar-refractivity contribution in [1.82, 2.24) is 5.32 Å². The van der Waals surface area contributed by atoms with Crippen LogP contribution in [0.15, 0.2) is 18.2 Å². The summed E-state index contributed by atoms with van der Waals surface area (Å²) in [6.07, 6.45) is 3.06. The first kappa shape index (κ1) is 16.5. The summed E-state index contributed by atoms with van der Waals surface area (Å²) in [5.41, 5.74) is 1.29. The predicted octanol–water partition coefficient (Wildman–Crippen LogP) is 4.83. The van der Waals surface area contributed by atoms with Gasteiger partial charge in [0.05, 0.1) is 0 Å².